The average molecular weight is 286 g/mol. The number of aryl methyl sites for hydroxylation is 1. The average Bonchev–Trinajstić information content (AvgIpc) is 2.92. The fourth-order valence-electron chi connectivity index (χ4n) is 3.01. The molecular formula is C16H22N4O. The molecule has 3 heterocycles. The molecule has 1 aliphatic heterocycles. The van der Waals surface area contributed by atoms with E-state index in [0.29, 0.717) is 0 Å². The summed E-state index contributed by atoms with van der Waals surface area (Å²) in [6.07, 6.45) is 6.91. The van der Waals surface area contributed by atoms with Crippen LogP contribution < -0.4 is 0 Å². The van der Waals surface area contributed by atoms with Crippen molar-refractivity contribution in [3.05, 3.63) is 48.3 Å². The predicted octanol–water partition coefficient (Wildman–Crippen LogP) is 1.78. The number of nitrogens with zero attached hydrogens (tertiary/aromatic N) is 4. The van der Waals surface area contributed by atoms with Crippen LogP contribution >= 0.6 is 0 Å². The van der Waals surface area contributed by atoms with Crippen molar-refractivity contribution in [2.24, 2.45) is 0 Å². The number of hydrogen-bond donors (Lipinski definition) is 1. The van der Waals surface area contributed by atoms with E-state index in [1.165, 1.54) is 0 Å². The topological polar surface area (TPSA) is 54.2 Å². The third-order valence-corrected chi connectivity index (χ3v) is 4.17. The van der Waals surface area contributed by atoms with Gasteiger partial charge in [0.05, 0.1) is 24.2 Å². The molecule has 1 saturated heterocycles. The fourth-order valence-corrected chi connectivity index (χ4v) is 3.01. The van der Waals surface area contributed by atoms with Crippen molar-refractivity contribution in [3.63, 3.8) is 0 Å². The van der Waals surface area contributed by atoms with Crippen LogP contribution in [0.4, 0.5) is 0 Å². The zero-order valence-corrected chi connectivity index (χ0v) is 12.4. The van der Waals surface area contributed by atoms with Gasteiger partial charge in [0, 0.05) is 37.7 Å². The number of aliphatic hydroxyl groups excluding tert-OH is 1. The van der Waals surface area contributed by atoms with Crippen molar-refractivity contribution in [1.82, 2.24) is 19.4 Å². The van der Waals surface area contributed by atoms with Crippen molar-refractivity contribution in [2.75, 3.05) is 13.1 Å². The van der Waals surface area contributed by atoms with Crippen molar-refractivity contribution in [2.45, 2.75) is 38.5 Å². The minimum atomic E-state index is -0.310. The molecule has 2 aromatic heterocycles. The molecule has 0 radical (unpaired) electrons. The highest BCUT2D eigenvalue weighted by molar-refractivity contribution is 5.09. The first kappa shape index (κ1) is 14.2. The van der Waals surface area contributed by atoms with Crippen LogP contribution in [0.5, 0.6) is 0 Å². The van der Waals surface area contributed by atoms with E-state index >= 15 is 0 Å². The molecule has 0 aliphatic carbocycles. The van der Waals surface area contributed by atoms with Crippen LogP contribution in [-0.2, 0) is 6.54 Å². The van der Waals surface area contributed by atoms with E-state index in [1.54, 1.807) is 12.5 Å². The zero-order valence-electron chi connectivity index (χ0n) is 12.4. The van der Waals surface area contributed by atoms with Gasteiger partial charge in [0.1, 0.15) is 0 Å². The maximum Gasteiger partial charge on any atom is 0.0949 e. The number of likely N-dealkylation sites (tertiary alicyclic amines) is 1. The van der Waals surface area contributed by atoms with Crippen LogP contribution in [0.15, 0.2) is 36.9 Å². The maximum atomic E-state index is 10.4. The molecule has 0 saturated carbocycles. The second kappa shape index (κ2) is 6.37. The van der Waals surface area contributed by atoms with Gasteiger partial charge in [-0.05, 0) is 31.9 Å². The van der Waals surface area contributed by atoms with Gasteiger partial charge >= 0.3 is 0 Å². The monoisotopic (exact) mass is 286 g/mol. The van der Waals surface area contributed by atoms with Gasteiger partial charge in [-0.15, -0.1) is 0 Å². The van der Waals surface area contributed by atoms with Crippen molar-refractivity contribution < 1.29 is 5.11 Å². The lowest BCUT2D eigenvalue weighted by molar-refractivity contribution is 0.107. The number of rotatable bonds is 3. The molecule has 3 rings (SSSR count). The number of hydrogen-bond acceptors (Lipinski definition) is 4. The number of aliphatic hydroxyl groups is 1. The summed E-state index contributed by atoms with van der Waals surface area (Å²) in [6, 6.07) is 6.27. The van der Waals surface area contributed by atoms with Gasteiger partial charge < -0.3 is 9.67 Å². The third kappa shape index (κ3) is 3.49. The molecule has 0 amide bonds. The van der Waals surface area contributed by atoms with Crippen molar-refractivity contribution >= 4 is 0 Å². The second-order valence-corrected chi connectivity index (χ2v) is 5.77. The standard InChI is InChI=1S/C16H22N4O/c1-13-3-2-4-14(18-13)11-19-8-5-15(16(21)6-9-19)20-10-7-17-12-20/h2-4,7,10,12,15-16,21H,5-6,8-9,11H2,1H3/t15-,16-/m0/s1. The molecule has 0 aromatic carbocycles. The van der Waals surface area contributed by atoms with Crippen LogP contribution in [0.25, 0.3) is 0 Å². The van der Waals surface area contributed by atoms with Gasteiger partial charge in [-0.3, -0.25) is 9.88 Å². The minimum Gasteiger partial charge on any atom is -0.391 e. The van der Waals surface area contributed by atoms with E-state index < -0.39 is 0 Å². The molecule has 5 heteroatoms. The molecule has 0 unspecified atom stereocenters. The van der Waals surface area contributed by atoms with Gasteiger partial charge in [0.15, 0.2) is 0 Å². The first-order chi connectivity index (χ1) is 10.2. The zero-order chi connectivity index (χ0) is 14.7. The van der Waals surface area contributed by atoms with E-state index in [2.05, 4.69) is 27.0 Å². The minimum absolute atomic E-state index is 0.128. The van der Waals surface area contributed by atoms with E-state index in [9.17, 15) is 5.11 Å². The molecule has 5 nitrogen and oxygen atoms in total. The summed E-state index contributed by atoms with van der Waals surface area (Å²) in [5, 5.41) is 10.4. The Labute approximate surface area is 125 Å². The Bertz CT molecular complexity index is 569. The van der Waals surface area contributed by atoms with Crippen molar-refractivity contribution in [1.29, 1.82) is 0 Å². The Kier molecular flexibility index (Phi) is 4.31. The maximum absolute atomic E-state index is 10.4. The number of aromatic nitrogens is 3. The van der Waals surface area contributed by atoms with Gasteiger partial charge in [-0.25, -0.2) is 4.98 Å². The third-order valence-electron chi connectivity index (χ3n) is 4.17. The van der Waals surface area contributed by atoms with Gasteiger partial charge in [0.25, 0.3) is 0 Å². The molecule has 2 atom stereocenters. The van der Waals surface area contributed by atoms with Gasteiger partial charge in [0.2, 0.25) is 0 Å². The highest BCUT2D eigenvalue weighted by Gasteiger charge is 2.25. The Balaban J connectivity index is 1.65. The Morgan fingerprint density at radius 3 is 2.90 bits per heavy atom. The molecule has 2 aromatic rings. The van der Waals surface area contributed by atoms with E-state index in [-0.39, 0.29) is 12.1 Å². The second-order valence-electron chi connectivity index (χ2n) is 5.77. The lowest BCUT2D eigenvalue weighted by Gasteiger charge is -2.21. The highest BCUT2D eigenvalue weighted by atomic mass is 16.3. The Hall–Kier alpha value is -1.72. The number of pyridine rings is 1. The lowest BCUT2D eigenvalue weighted by Crippen LogP contribution is -2.25. The van der Waals surface area contributed by atoms with E-state index in [4.69, 9.17) is 0 Å². The smallest absolute Gasteiger partial charge is 0.0949 e. The summed E-state index contributed by atoms with van der Waals surface area (Å²) in [7, 11) is 0. The Morgan fingerprint density at radius 2 is 2.14 bits per heavy atom. The lowest BCUT2D eigenvalue weighted by atomic mass is 10.1. The van der Waals surface area contributed by atoms with Crippen LogP contribution in [0.1, 0.15) is 30.3 Å². The highest BCUT2D eigenvalue weighted by Crippen LogP contribution is 2.23. The van der Waals surface area contributed by atoms with E-state index in [0.717, 1.165) is 43.9 Å². The quantitative estimate of drug-likeness (QED) is 0.934. The SMILES string of the molecule is Cc1cccc(CN2CC[C@H](O)[C@@H](n3ccnc3)CC2)n1. The van der Waals surface area contributed by atoms with Crippen LogP contribution in [0, 0.1) is 6.92 Å². The Morgan fingerprint density at radius 1 is 1.29 bits per heavy atom. The summed E-state index contributed by atoms with van der Waals surface area (Å²) < 4.78 is 2.03. The normalized spacial score (nSPS) is 23.9. The molecule has 1 fully saturated rings. The largest absolute Gasteiger partial charge is 0.391 e. The molecule has 1 N–H and O–H groups in total. The molecular weight excluding hydrogens is 264 g/mol. The van der Waals surface area contributed by atoms with E-state index in [1.807, 2.05) is 23.8 Å². The summed E-state index contributed by atoms with van der Waals surface area (Å²) in [4.78, 5) is 11.0. The summed E-state index contributed by atoms with van der Waals surface area (Å²) in [6.45, 7) is 4.74. The predicted molar refractivity (Wildman–Crippen MR) is 80.8 cm³/mol. The molecule has 0 spiro atoms. The van der Waals surface area contributed by atoms with Gasteiger partial charge in [-0.2, -0.15) is 0 Å². The van der Waals surface area contributed by atoms with Crippen molar-refractivity contribution in [3.8, 4) is 0 Å². The molecule has 0 bridgehead atoms. The van der Waals surface area contributed by atoms with Crippen LogP contribution in [0.2, 0.25) is 0 Å². The summed E-state index contributed by atoms with van der Waals surface area (Å²) in [5.74, 6) is 0. The summed E-state index contributed by atoms with van der Waals surface area (Å²) in [5.41, 5.74) is 2.16. The first-order valence-electron chi connectivity index (χ1n) is 7.53. The molecule has 1 aliphatic rings. The van der Waals surface area contributed by atoms with Crippen LogP contribution in [0.3, 0.4) is 0 Å². The fraction of sp³-hybridized carbons (Fsp3) is 0.500. The number of imidazole rings is 1. The van der Waals surface area contributed by atoms with Gasteiger partial charge in [-0.1, -0.05) is 6.07 Å². The first-order valence-corrected chi connectivity index (χ1v) is 7.53. The molecule has 21 heavy (non-hydrogen) atoms. The van der Waals surface area contributed by atoms with Crippen LogP contribution in [-0.4, -0.2) is 43.7 Å². The molecule has 112 valence electrons. The summed E-state index contributed by atoms with van der Waals surface area (Å²) >= 11 is 0.